The van der Waals surface area contributed by atoms with Crippen LogP contribution in [0.5, 0.6) is 0 Å². The molecule has 0 heterocycles. The first kappa shape index (κ1) is 10.6. The van der Waals surface area contributed by atoms with Crippen molar-refractivity contribution in [3.05, 3.63) is 0 Å². The summed E-state index contributed by atoms with van der Waals surface area (Å²) in [5.74, 6) is 0. The Balaban J connectivity index is 0. The van der Waals surface area contributed by atoms with Crippen molar-refractivity contribution < 1.29 is 4.79 Å². The van der Waals surface area contributed by atoms with E-state index in [1.165, 1.54) is 0 Å². The molecular weight excluding hydrogens is 100 g/mol. The molecule has 50 valence electrons. The number of hydrogen-bond donors (Lipinski definition) is 0. The van der Waals surface area contributed by atoms with Gasteiger partial charge in [0.1, 0.15) is 6.29 Å². The Labute approximate surface area is 52.1 Å². The molecule has 0 spiro atoms. The van der Waals surface area contributed by atoms with Crippen LogP contribution in [0.3, 0.4) is 0 Å². The third-order valence-electron chi connectivity index (χ3n) is 1.23. The highest BCUT2D eigenvalue weighted by Crippen LogP contribution is 2.14. The molecule has 1 heteroatoms. The first-order chi connectivity index (χ1) is 3.12. The van der Waals surface area contributed by atoms with E-state index in [2.05, 4.69) is 0 Å². The molecular formula is C7H16O. The molecule has 0 N–H and O–H groups in total. The van der Waals surface area contributed by atoms with Crippen LogP contribution in [0, 0.1) is 5.41 Å². The van der Waals surface area contributed by atoms with Gasteiger partial charge in [-0.15, -0.1) is 0 Å². The molecule has 0 saturated carbocycles. The summed E-state index contributed by atoms with van der Waals surface area (Å²) in [6.07, 6.45) is 1.92. The highest BCUT2D eigenvalue weighted by molar-refractivity contribution is 5.57. The second-order valence-corrected chi connectivity index (χ2v) is 2.46. The van der Waals surface area contributed by atoms with Gasteiger partial charge in [-0.25, -0.2) is 0 Å². The van der Waals surface area contributed by atoms with Gasteiger partial charge in [0.15, 0.2) is 0 Å². The van der Waals surface area contributed by atoms with Crippen molar-refractivity contribution >= 4 is 6.29 Å². The minimum atomic E-state index is -0.0972. The molecule has 0 aliphatic rings. The summed E-state index contributed by atoms with van der Waals surface area (Å²) in [5.41, 5.74) is -0.0972. The maximum atomic E-state index is 10.1. The van der Waals surface area contributed by atoms with Crippen LogP contribution in [0.15, 0.2) is 0 Å². The Hall–Kier alpha value is -0.330. The monoisotopic (exact) mass is 116 g/mol. The first-order valence-electron chi connectivity index (χ1n) is 2.59. The van der Waals surface area contributed by atoms with Crippen LogP contribution in [-0.4, -0.2) is 6.29 Å². The zero-order valence-corrected chi connectivity index (χ0v) is 5.19. The van der Waals surface area contributed by atoms with E-state index in [1.54, 1.807) is 0 Å². The fourth-order valence-corrected chi connectivity index (χ4v) is 0.0833. The van der Waals surface area contributed by atoms with Crippen LogP contribution in [0.25, 0.3) is 0 Å². The van der Waals surface area contributed by atoms with Gasteiger partial charge in [-0.1, -0.05) is 28.2 Å². The molecule has 0 aliphatic heterocycles. The first-order valence-corrected chi connectivity index (χ1v) is 2.59. The second kappa shape index (κ2) is 3.65. The highest BCUT2D eigenvalue weighted by Gasteiger charge is 2.11. The van der Waals surface area contributed by atoms with E-state index in [0.717, 1.165) is 12.7 Å². The van der Waals surface area contributed by atoms with Gasteiger partial charge >= 0.3 is 0 Å². The lowest BCUT2D eigenvalue weighted by Gasteiger charge is -2.10. The predicted molar refractivity (Wildman–Crippen MR) is 36.9 cm³/mol. The van der Waals surface area contributed by atoms with E-state index in [-0.39, 0.29) is 12.8 Å². The molecule has 1 nitrogen and oxygen atoms in total. The summed E-state index contributed by atoms with van der Waals surface area (Å²) < 4.78 is 0. The Bertz CT molecular complexity index is 64.8. The SMILES string of the molecule is C.CCC(C)(C)C=O. The Morgan fingerprint density at radius 3 is 1.88 bits per heavy atom. The largest absolute Gasteiger partial charge is 0.303 e. The smallest absolute Gasteiger partial charge is 0.125 e. The molecule has 0 aromatic carbocycles. The normalized spacial score (nSPS) is 9.88. The lowest BCUT2D eigenvalue weighted by atomic mass is 9.93. The van der Waals surface area contributed by atoms with E-state index in [0.29, 0.717) is 0 Å². The topological polar surface area (TPSA) is 17.1 Å². The van der Waals surface area contributed by atoms with Crippen LogP contribution in [-0.2, 0) is 4.79 Å². The van der Waals surface area contributed by atoms with E-state index >= 15 is 0 Å². The van der Waals surface area contributed by atoms with Crippen molar-refractivity contribution in [3.63, 3.8) is 0 Å². The van der Waals surface area contributed by atoms with Gasteiger partial charge in [0.2, 0.25) is 0 Å². The van der Waals surface area contributed by atoms with Crippen LogP contribution < -0.4 is 0 Å². The van der Waals surface area contributed by atoms with Gasteiger partial charge in [0.05, 0.1) is 0 Å². The molecule has 0 fully saturated rings. The van der Waals surface area contributed by atoms with Crippen LogP contribution in [0.2, 0.25) is 0 Å². The molecule has 0 amide bonds. The van der Waals surface area contributed by atoms with Crippen molar-refractivity contribution in [3.8, 4) is 0 Å². The highest BCUT2D eigenvalue weighted by atomic mass is 16.1. The van der Waals surface area contributed by atoms with Crippen LogP contribution in [0.1, 0.15) is 34.6 Å². The zero-order chi connectivity index (χ0) is 5.91. The summed E-state index contributed by atoms with van der Waals surface area (Å²) >= 11 is 0. The van der Waals surface area contributed by atoms with E-state index in [9.17, 15) is 4.79 Å². The second-order valence-electron chi connectivity index (χ2n) is 2.46. The van der Waals surface area contributed by atoms with Gasteiger partial charge < -0.3 is 4.79 Å². The standard InChI is InChI=1S/C6H12O.CH4/c1-4-6(2,3)5-7;/h5H,4H2,1-3H3;1H4. The minimum absolute atomic E-state index is 0. The fourth-order valence-electron chi connectivity index (χ4n) is 0.0833. The Morgan fingerprint density at radius 2 is 1.88 bits per heavy atom. The van der Waals surface area contributed by atoms with Crippen molar-refractivity contribution in [2.24, 2.45) is 5.41 Å². The van der Waals surface area contributed by atoms with Crippen molar-refractivity contribution in [1.82, 2.24) is 0 Å². The lowest BCUT2D eigenvalue weighted by Crippen LogP contribution is -2.09. The molecule has 0 aromatic heterocycles. The van der Waals surface area contributed by atoms with Crippen molar-refractivity contribution in [1.29, 1.82) is 0 Å². The fraction of sp³-hybridized carbons (Fsp3) is 0.857. The number of carbonyl (C=O) groups is 1. The summed E-state index contributed by atoms with van der Waals surface area (Å²) in [4.78, 5) is 10.1. The van der Waals surface area contributed by atoms with Gasteiger partial charge in [0, 0.05) is 5.41 Å². The summed E-state index contributed by atoms with van der Waals surface area (Å²) in [7, 11) is 0. The predicted octanol–water partition coefficient (Wildman–Crippen LogP) is 2.26. The maximum absolute atomic E-state index is 10.1. The third kappa shape index (κ3) is 3.85. The molecule has 0 unspecified atom stereocenters. The molecule has 0 rings (SSSR count). The molecule has 0 bridgehead atoms. The number of rotatable bonds is 2. The van der Waals surface area contributed by atoms with Crippen LogP contribution in [0.4, 0.5) is 0 Å². The van der Waals surface area contributed by atoms with Gasteiger partial charge in [0.25, 0.3) is 0 Å². The zero-order valence-electron chi connectivity index (χ0n) is 5.19. The molecule has 0 saturated heterocycles. The molecule has 0 atom stereocenters. The molecule has 8 heavy (non-hydrogen) atoms. The Kier molecular flexibility index (Phi) is 4.84. The van der Waals surface area contributed by atoms with Crippen molar-refractivity contribution in [2.75, 3.05) is 0 Å². The van der Waals surface area contributed by atoms with Gasteiger partial charge in [-0.05, 0) is 6.42 Å². The average molecular weight is 116 g/mol. The number of hydrogen-bond acceptors (Lipinski definition) is 1. The Morgan fingerprint density at radius 1 is 1.50 bits per heavy atom. The maximum Gasteiger partial charge on any atom is 0.125 e. The van der Waals surface area contributed by atoms with E-state index in [1.807, 2.05) is 20.8 Å². The summed E-state index contributed by atoms with van der Waals surface area (Å²) in [6.45, 7) is 5.87. The van der Waals surface area contributed by atoms with E-state index < -0.39 is 0 Å². The lowest BCUT2D eigenvalue weighted by molar-refractivity contribution is -0.114. The molecule has 0 aromatic rings. The van der Waals surface area contributed by atoms with Crippen LogP contribution >= 0.6 is 0 Å². The molecule has 0 aliphatic carbocycles. The summed E-state index contributed by atoms with van der Waals surface area (Å²) in [5, 5.41) is 0. The number of aldehydes is 1. The minimum Gasteiger partial charge on any atom is -0.303 e. The van der Waals surface area contributed by atoms with Gasteiger partial charge in [-0.3, -0.25) is 0 Å². The van der Waals surface area contributed by atoms with E-state index in [4.69, 9.17) is 0 Å². The quantitative estimate of drug-likeness (QED) is 0.506. The average Bonchev–Trinajstić information content (AvgIpc) is 1.68. The van der Waals surface area contributed by atoms with Gasteiger partial charge in [-0.2, -0.15) is 0 Å². The summed E-state index contributed by atoms with van der Waals surface area (Å²) in [6, 6.07) is 0. The molecule has 0 radical (unpaired) electrons. The third-order valence-corrected chi connectivity index (χ3v) is 1.23. The number of carbonyl (C=O) groups excluding carboxylic acids is 1. The van der Waals surface area contributed by atoms with Crippen molar-refractivity contribution in [2.45, 2.75) is 34.6 Å².